The zero-order valence-corrected chi connectivity index (χ0v) is 12.7. The topological polar surface area (TPSA) is 77.5 Å². The number of hydrogen-bond donors (Lipinski definition) is 2. The van der Waals surface area contributed by atoms with Gasteiger partial charge in [0.05, 0.1) is 13.2 Å². The van der Waals surface area contributed by atoms with Crippen molar-refractivity contribution in [1.29, 1.82) is 0 Å². The summed E-state index contributed by atoms with van der Waals surface area (Å²) in [6.07, 6.45) is 1.13. The first kappa shape index (κ1) is 15.4. The quantitative estimate of drug-likeness (QED) is 0.857. The molecule has 0 saturated heterocycles. The number of nitrogens with two attached hydrogens (primary N) is 1. The van der Waals surface area contributed by atoms with Gasteiger partial charge in [-0.15, -0.1) is 0 Å². The predicted octanol–water partition coefficient (Wildman–Crippen LogP) is 2.67. The lowest BCUT2D eigenvalue weighted by atomic mass is 10.1. The molecule has 1 amide bonds. The van der Waals surface area contributed by atoms with E-state index >= 15 is 0 Å². The van der Waals surface area contributed by atoms with Crippen LogP contribution in [0.3, 0.4) is 0 Å². The van der Waals surface area contributed by atoms with E-state index in [0.29, 0.717) is 19.4 Å². The molecule has 0 aliphatic heterocycles. The number of carbonyl (C=O) groups excluding carboxylic acids is 1. The zero-order valence-electron chi connectivity index (χ0n) is 12.7. The Kier molecular flexibility index (Phi) is 4.85. The number of nitrogens with one attached hydrogen (secondary N) is 1. The fraction of sp³-hybridized carbons (Fsp3) is 0.438. The summed E-state index contributed by atoms with van der Waals surface area (Å²) in [4.78, 5) is 11.8. The highest BCUT2D eigenvalue weighted by Crippen LogP contribution is 2.31. The van der Waals surface area contributed by atoms with E-state index in [-0.39, 0.29) is 11.9 Å². The Bertz CT molecular complexity index is 634. The summed E-state index contributed by atoms with van der Waals surface area (Å²) in [5, 5.41) is 3.95. The van der Waals surface area contributed by atoms with Crippen molar-refractivity contribution in [1.82, 2.24) is 5.32 Å². The summed E-state index contributed by atoms with van der Waals surface area (Å²) in [5.41, 5.74) is 7.23. The van der Waals surface area contributed by atoms with Gasteiger partial charge in [-0.05, 0) is 45.0 Å². The summed E-state index contributed by atoms with van der Waals surface area (Å²) < 4.78 is 11.1. The van der Waals surface area contributed by atoms with Crippen LogP contribution in [-0.4, -0.2) is 19.6 Å². The van der Waals surface area contributed by atoms with Gasteiger partial charge in [-0.1, -0.05) is 0 Å². The summed E-state index contributed by atoms with van der Waals surface area (Å²) in [7, 11) is 1.64. The standard InChI is InChI=1S/C16H22N2O3/c1-10-13-9-12(20-3)6-7-14(13)21-16(10)11(2)18-15(19)5-4-8-17/h6-7,9,11H,4-5,8,17H2,1-3H3,(H,18,19). The fourth-order valence-electron chi connectivity index (χ4n) is 2.40. The highest BCUT2D eigenvalue weighted by atomic mass is 16.5. The maximum absolute atomic E-state index is 11.8. The third-order valence-electron chi connectivity index (χ3n) is 3.56. The average molecular weight is 290 g/mol. The number of hydrogen-bond acceptors (Lipinski definition) is 4. The van der Waals surface area contributed by atoms with E-state index < -0.39 is 0 Å². The molecular formula is C16H22N2O3. The van der Waals surface area contributed by atoms with Crippen molar-refractivity contribution in [2.75, 3.05) is 13.7 Å². The van der Waals surface area contributed by atoms with Gasteiger partial charge in [0.25, 0.3) is 0 Å². The smallest absolute Gasteiger partial charge is 0.220 e. The lowest BCUT2D eigenvalue weighted by molar-refractivity contribution is -0.121. The monoisotopic (exact) mass is 290 g/mol. The van der Waals surface area contributed by atoms with Crippen molar-refractivity contribution < 1.29 is 13.9 Å². The molecule has 5 nitrogen and oxygen atoms in total. The van der Waals surface area contributed by atoms with Crippen LogP contribution in [0, 0.1) is 6.92 Å². The van der Waals surface area contributed by atoms with Crippen molar-refractivity contribution in [3.63, 3.8) is 0 Å². The molecule has 2 aromatic rings. The molecule has 114 valence electrons. The number of fused-ring (bicyclic) bond motifs is 1. The Balaban J connectivity index is 2.21. The van der Waals surface area contributed by atoms with Crippen LogP contribution in [0.15, 0.2) is 22.6 Å². The van der Waals surface area contributed by atoms with Crippen LogP contribution in [0.5, 0.6) is 5.75 Å². The van der Waals surface area contributed by atoms with Crippen LogP contribution in [-0.2, 0) is 4.79 Å². The molecule has 0 aliphatic carbocycles. The third-order valence-corrected chi connectivity index (χ3v) is 3.56. The third kappa shape index (κ3) is 3.36. The van der Waals surface area contributed by atoms with E-state index in [1.807, 2.05) is 32.0 Å². The molecule has 0 radical (unpaired) electrons. The Morgan fingerprint density at radius 3 is 2.90 bits per heavy atom. The van der Waals surface area contributed by atoms with Crippen molar-refractivity contribution in [2.45, 2.75) is 32.7 Å². The summed E-state index contributed by atoms with van der Waals surface area (Å²) >= 11 is 0. The van der Waals surface area contributed by atoms with E-state index in [2.05, 4.69) is 5.32 Å². The van der Waals surface area contributed by atoms with Crippen LogP contribution in [0.4, 0.5) is 0 Å². The molecule has 21 heavy (non-hydrogen) atoms. The first-order chi connectivity index (χ1) is 10.1. The van der Waals surface area contributed by atoms with Crippen LogP contribution in [0.2, 0.25) is 0 Å². The maximum atomic E-state index is 11.8. The maximum Gasteiger partial charge on any atom is 0.220 e. The molecule has 3 N–H and O–H groups in total. The van der Waals surface area contributed by atoms with Crippen molar-refractivity contribution in [3.8, 4) is 5.75 Å². The van der Waals surface area contributed by atoms with Crippen molar-refractivity contribution >= 4 is 16.9 Å². The van der Waals surface area contributed by atoms with Gasteiger partial charge in [-0.3, -0.25) is 4.79 Å². The minimum atomic E-state index is -0.173. The second-order valence-electron chi connectivity index (χ2n) is 5.13. The normalized spacial score (nSPS) is 12.4. The number of furan rings is 1. The molecule has 5 heteroatoms. The first-order valence-electron chi connectivity index (χ1n) is 7.13. The van der Waals surface area contributed by atoms with Crippen LogP contribution >= 0.6 is 0 Å². The molecule has 2 rings (SSSR count). The molecule has 1 aromatic carbocycles. The van der Waals surface area contributed by atoms with Gasteiger partial charge in [-0.25, -0.2) is 0 Å². The Hall–Kier alpha value is -2.01. The minimum Gasteiger partial charge on any atom is -0.497 e. The van der Waals surface area contributed by atoms with Crippen LogP contribution in [0.1, 0.15) is 37.1 Å². The SMILES string of the molecule is COc1ccc2oc(C(C)NC(=O)CCCN)c(C)c2c1. The van der Waals surface area contributed by atoms with Gasteiger partial charge in [0.15, 0.2) is 0 Å². The number of aryl methyl sites for hydroxylation is 1. The van der Waals surface area contributed by atoms with Gasteiger partial charge in [0.2, 0.25) is 5.91 Å². The summed E-state index contributed by atoms with van der Waals surface area (Å²) in [6.45, 7) is 4.43. The van der Waals surface area contributed by atoms with Gasteiger partial charge in [0.1, 0.15) is 17.1 Å². The number of rotatable bonds is 6. The molecule has 1 atom stereocenters. The lowest BCUT2D eigenvalue weighted by Crippen LogP contribution is -2.27. The van der Waals surface area contributed by atoms with Gasteiger partial charge in [-0.2, -0.15) is 0 Å². The summed E-state index contributed by atoms with van der Waals surface area (Å²) in [6, 6.07) is 5.52. The number of ether oxygens (including phenoxy) is 1. The average Bonchev–Trinajstić information content (AvgIpc) is 2.81. The van der Waals surface area contributed by atoms with Gasteiger partial charge in [0, 0.05) is 17.4 Å². The molecule has 0 saturated carbocycles. The first-order valence-corrected chi connectivity index (χ1v) is 7.13. The highest BCUT2D eigenvalue weighted by molar-refractivity contribution is 5.84. The van der Waals surface area contributed by atoms with E-state index in [0.717, 1.165) is 28.0 Å². The zero-order chi connectivity index (χ0) is 15.4. The number of methoxy groups -OCH3 is 1. The summed E-state index contributed by atoms with van der Waals surface area (Å²) in [5.74, 6) is 1.56. The van der Waals surface area contributed by atoms with E-state index in [1.165, 1.54) is 0 Å². The van der Waals surface area contributed by atoms with E-state index in [9.17, 15) is 4.79 Å². The fourth-order valence-corrected chi connectivity index (χ4v) is 2.40. The predicted molar refractivity (Wildman–Crippen MR) is 82.3 cm³/mol. The number of benzene rings is 1. The van der Waals surface area contributed by atoms with E-state index in [4.69, 9.17) is 14.9 Å². The second kappa shape index (κ2) is 6.63. The molecule has 1 heterocycles. The van der Waals surface area contributed by atoms with Gasteiger partial charge >= 0.3 is 0 Å². The molecule has 0 aliphatic rings. The number of carbonyl (C=O) groups is 1. The van der Waals surface area contributed by atoms with Gasteiger partial charge < -0.3 is 20.2 Å². The molecular weight excluding hydrogens is 268 g/mol. The Labute approximate surface area is 124 Å². The molecule has 1 unspecified atom stereocenters. The van der Waals surface area contributed by atoms with Crippen LogP contribution in [0.25, 0.3) is 11.0 Å². The van der Waals surface area contributed by atoms with Crippen molar-refractivity contribution in [3.05, 3.63) is 29.5 Å². The lowest BCUT2D eigenvalue weighted by Gasteiger charge is -2.12. The molecule has 0 spiro atoms. The van der Waals surface area contributed by atoms with Crippen molar-refractivity contribution in [2.24, 2.45) is 5.73 Å². The number of amides is 1. The van der Waals surface area contributed by atoms with E-state index in [1.54, 1.807) is 7.11 Å². The Morgan fingerprint density at radius 1 is 1.48 bits per heavy atom. The molecule has 0 bridgehead atoms. The molecule has 1 aromatic heterocycles. The minimum absolute atomic E-state index is 0.00890. The van der Waals surface area contributed by atoms with Crippen LogP contribution < -0.4 is 15.8 Å². The second-order valence-corrected chi connectivity index (χ2v) is 5.13. The Morgan fingerprint density at radius 2 is 2.24 bits per heavy atom. The molecule has 0 fully saturated rings. The highest BCUT2D eigenvalue weighted by Gasteiger charge is 2.18. The largest absolute Gasteiger partial charge is 0.497 e.